The molecule has 0 aromatic carbocycles. The van der Waals surface area contributed by atoms with E-state index in [9.17, 15) is 13.2 Å². The molecule has 0 spiro atoms. The molecule has 104 valence electrons. The third-order valence-electron chi connectivity index (χ3n) is 2.99. The molecular formula is C11H16BrClO4S. The van der Waals surface area contributed by atoms with Gasteiger partial charge >= 0.3 is 5.97 Å². The standard InChI is InChI=1S/C11H16BrClO4S/c1-17-11(14)8-6-4-2-3-5-7-9(10(8)12)18(13,15)16/h9H,2-7H2,1H3/b10-8-/t9-/m0/s1. The molecule has 1 aliphatic rings. The molecule has 18 heavy (non-hydrogen) atoms. The first kappa shape index (κ1) is 16.0. The monoisotopic (exact) mass is 358 g/mol. The minimum Gasteiger partial charge on any atom is -0.466 e. The highest BCUT2D eigenvalue weighted by Gasteiger charge is 2.30. The smallest absolute Gasteiger partial charge is 0.334 e. The van der Waals surface area contributed by atoms with E-state index < -0.39 is 20.3 Å². The Hall–Kier alpha value is -0.0700. The van der Waals surface area contributed by atoms with Crippen LogP contribution in [0.25, 0.3) is 0 Å². The molecule has 1 aliphatic carbocycles. The third kappa shape index (κ3) is 4.24. The molecule has 0 radical (unpaired) electrons. The van der Waals surface area contributed by atoms with Crippen LogP contribution >= 0.6 is 26.6 Å². The SMILES string of the molecule is COC(=O)/C1=C(\Br)[C@@H](S(=O)(=O)Cl)CCCCCC1. The van der Waals surface area contributed by atoms with Crippen molar-refractivity contribution >= 4 is 41.6 Å². The van der Waals surface area contributed by atoms with Crippen LogP contribution in [0.15, 0.2) is 10.1 Å². The van der Waals surface area contributed by atoms with E-state index in [4.69, 9.17) is 15.4 Å². The first-order valence-corrected chi connectivity index (χ1v) is 8.94. The van der Waals surface area contributed by atoms with Gasteiger partial charge in [-0.3, -0.25) is 0 Å². The Bertz CT molecular complexity index is 444. The normalized spacial score (nSPS) is 26.9. The average molecular weight is 360 g/mol. The number of hydrogen-bond donors (Lipinski definition) is 0. The fourth-order valence-corrected chi connectivity index (χ4v) is 5.03. The van der Waals surface area contributed by atoms with Crippen molar-refractivity contribution in [2.24, 2.45) is 0 Å². The van der Waals surface area contributed by atoms with E-state index >= 15 is 0 Å². The van der Waals surface area contributed by atoms with Gasteiger partial charge in [-0.2, -0.15) is 0 Å². The summed E-state index contributed by atoms with van der Waals surface area (Å²) >= 11 is 3.23. The summed E-state index contributed by atoms with van der Waals surface area (Å²) in [5, 5.41) is -0.855. The number of carbonyl (C=O) groups is 1. The van der Waals surface area contributed by atoms with Crippen molar-refractivity contribution in [3.05, 3.63) is 10.1 Å². The van der Waals surface area contributed by atoms with Crippen molar-refractivity contribution < 1.29 is 17.9 Å². The summed E-state index contributed by atoms with van der Waals surface area (Å²) in [7, 11) is 2.99. The number of esters is 1. The molecule has 0 saturated heterocycles. The van der Waals surface area contributed by atoms with E-state index in [1.54, 1.807) is 0 Å². The lowest BCUT2D eigenvalue weighted by Gasteiger charge is -2.15. The van der Waals surface area contributed by atoms with Crippen LogP contribution in [-0.4, -0.2) is 26.7 Å². The predicted octanol–water partition coefficient (Wildman–Crippen LogP) is 3.10. The largest absolute Gasteiger partial charge is 0.466 e. The van der Waals surface area contributed by atoms with Crippen LogP contribution in [0.3, 0.4) is 0 Å². The molecule has 0 aliphatic heterocycles. The molecule has 0 unspecified atom stereocenters. The maximum atomic E-state index is 11.7. The van der Waals surface area contributed by atoms with Gasteiger partial charge < -0.3 is 4.74 Å². The zero-order chi connectivity index (χ0) is 13.8. The van der Waals surface area contributed by atoms with Gasteiger partial charge in [-0.05, 0) is 19.3 Å². The van der Waals surface area contributed by atoms with E-state index in [2.05, 4.69) is 15.9 Å². The van der Waals surface area contributed by atoms with Gasteiger partial charge in [0, 0.05) is 20.7 Å². The third-order valence-corrected chi connectivity index (χ3v) is 6.12. The van der Waals surface area contributed by atoms with Crippen LogP contribution in [-0.2, 0) is 18.6 Å². The number of halogens is 2. The van der Waals surface area contributed by atoms with Crippen LogP contribution in [0.1, 0.15) is 38.5 Å². The Kier molecular flexibility index (Phi) is 6.14. The Morgan fingerprint density at radius 3 is 2.50 bits per heavy atom. The van der Waals surface area contributed by atoms with Gasteiger partial charge in [0.1, 0.15) is 5.25 Å². The number of methoxy groups -OCH3 is 1. The second-order valence-electron chi connectivity index (χ2n) is 4.24. The van der Waals surface area contributed by atoms with Gasteiger partial charge in [-0.25, -0.2) is 13.2 Å². The van der Waals surface area contributed by atoms with Gasteiger partial charge in [0.2, 0.25) is 9.05 Å². The van der Waals surface area contributed by atoms with E-state index in [-0.39, 0.29) is 0 Å². The van der Waals surface area contributed by atoms with Crippen LogP contribution in [0.5, 0.6) is 0 Å². The summed E-state index contributed by atoms with van der Waals surface area (Å²) < 4.78 is 28.2. The lowest BCUT2D eigenvalue weighted by molar-refractivity contribution is -0.136. The first-order chi connectivity index (χ1) is 8.38. The highest BCUT2D eigenvalue weighted by atomic mass is 79.9. The Morgan fingerprint density at radius 2 is 1.94 bits per heavy atom. The lowest BCUT2D eigenvalue weighted by Crippen LogP contribution is -2.20. The fourth-order valence-electron chi connectivity index (χ4n) is 2.01. The van der Waals surface area contributed by atoms with E-state index in [1.807, 2.05) is 0 Å². The highest BCUT2D eigenvalue weighted by molar-refractivity contribution is 9.12. The molecule has 4 nitrogen and oxygen atoms in total. The molecule has 1 rings (SSSR count). The van der Waals surface area contributed by atoms with E-state index in [0.29, 0.717) is 22.9 Å². The molecule has 7 heteroatoms. The molecule has 0 fully saturated rings. The number of ether oxygens (including phenoxy) is 1. The van der Waals surface area contributed by atoms with Gasteiger partial charge in [0.05, 0.1) is 7.11 Å². The lowest BCUT2D eigenvalue weighted by atomic mass is 10.1. The van der Waals surface area contributed by atoms with Crippen LogP contribution in [0, 0.1) is 0 Å². The molecule has 0 aromatic rings. The number of carbonyl (C=O) groups excluding carboxylic acids is 1. The first-order valence-electron chi connectivity index (χ1n) is 5.78. The number of hydrogen-bond acceptors (Lipinski definition) is 4. The van der Waals surface area contributed by atoms with Crippen molar-refractivity contribution in [2.75, 3.05) is 7.11 Å². The topological polar surface area (TPSA) is 60.4 Å². The zero-order valence-electron chi connectivity index (χ0n) is 10.1. The van der Waals surface area contributed by atoms with Gasteiger partial charge in [0.25, 0.3) is 0 Å². The minimum absolute atomic E-state index is 0.353. The van der Waals surface area contributed by atoms with Crippen molar-refractivity contribution in [2.45, 2.75) is 43.8 Å². The summed E-state index contributed by atoms with van der Waals surface area (Å²) in [4.78, 5) is 11.7. The summed E-state index contributed by atoms with van der Waals surface area (Å²) in [6.45, 7) is 0. The van der Waals surface area contributed by atoms with Crippen LogP contribution in [0.2, 0.25) is 0 Å². The van der Waals surface area contributed by atoms with E-state index in [1.165, 1.54) is 7.11 Å². The maximum absolute atomic E-state index is 11.7. The molecule has 0 amide bonds. The molecule has 0 bridgehead atoms. The Labute approximate surface area is 120 Å². The average Bonchev–Trinajstić information content (AvgIpc) is 2.38. The van der Waals surface area contributed by atoms with Crippen molar-refractivity contribution in [1.82, 2.24) is 0 Å². The molecular weight excluding hydrogens is 344 g/mol. The van der Waals surface area contributed by atoms with Crippen molar-refractivity contribution in [1.29, 1.82) is 0 Å². The Balaban J connectivity index is 3.19. The number of rotatable bonds is 2. The van der Waals surface area contributed by atoms with Crippen molar-refractivity contribution in [3.63, 3.8) is 0 Å². The van der Waals surface area contributed by atoms with E-state index in [0.717, 1.165) is 25.7 Å². The van der Waals surface area contributed by atoms with Gasteiger partial charge in [-0.1, -0.05) is 35.2 Å². The zero-order valence-corrected chi connectivity index (χ0v) is 13.3. The molecule has 1 atom stereocenters. The summed E-state index contributed by atoms with van der Waals surface area (Å²) in [5.41, 5.74) is 0.383. The summed E-state index contributed by atoms with van der Waals surface area (Å²) in [5.74, 6) is -0.492. The van der Waals surface area contributed by atoms with Gasteiger partial charge in [0.15, 0.2) is 0 Å². The second kappa shape index (κ2) is 6.91. The predicted molar refractivity (Wildman–Crippen MR) is 74.2 cm³/mol. The molecule has 0 aromatic heterocycles. The molecule has 0 heterocycles. The van der Waals surface area contributed by atoms with Gasteiger partial charge in [-0.15, -0.1) is 0 Å². The second-order valence-corrected chi connectivity index (χ2v) is 7.90. The quantitative estimate of drug-likeness (QED) is 0.561. The van der Waals surface area contributed by atoms with Crippen molar-refractivity contribution in [3.8, 4) is 0 Å². The van der Waals surface area contributed by atoms with Crippen LogP contribution < -0.4 is 0 Å². The summed E-state index contributed by atoms with van der Waals surface area (Å²) in [6.07, 6.45) is 4.46. The Morgan fingerprint density at radius 1 is 1.33 bits per heavy atom. The highest BCUT2D eigenvalue weighted by Crippen LogP contribution is 2.33. The molecule has 0 saturated carbocycles. The minimum atomic E-state index is -3.75. The van der Waals surface area contributed by atoms with Crippen LogP contribution in [0.4, 0.5) is 0 Å². The molecule has 0 N–H and O–H groups in total. The fraction of sp³-hybridized carbons (Fsp3) is 0.727. The maximum Gasteiger partial charge on any atom is 0.334 e. The summed E-state index contributed by atoms with van der Waals surface area (Å²) in [6, 6.07) is 0.